The van der Waals surface area contributed by atoms with Gasteiger partial charge in [0.15, 0.2) is 0 Å². The highest BCUT2D eigenvalue weighted by Gasteiger charge is 2.29. The van der Waals surface area contributed by atoms with Crippen molar-refractivity contribution in [3.8, 4) is 10.4 Å². The van der Waals surface area contributed by atoms with E-state index >= 15 is 0 Å². The van der Waals surface area contributed by atoms with Crippen LogP contribution in [0.2, 0.25) is 0 Å². The monoisotopic (exact) mass is 490 g/mol. The number of nitrogens with one attached hydrogen (secondary N) is 1. The molecule has 0 radical (unpaired) electrons. The Balaban J connectivity index is 1.45. The molecule has 9 heteroatoms. The minimum Gasteiger partial charge on any atom is -0.377 e. The van der Waals surface area contributed by atoms with Gasteiger partial charge in [0.25, 0.3) is 5.91 Å². The molecular formula is C21H20BrFN4O2S. The van der Waals surface area contributed by atoms with E-state index < -0.39 is 0 Å². The van der Waals surface area contributed by atoms with Crippen LogP contribution in [0.15, 0.2) is 52.6 Å². The molecule has 0 spiro atoms. The molecule has 1 unspecified atom stereocenters. The van der Waals surface area contributed by atoms with Crippen LogP contribution in [0.4, 0.5) is 4.39 Å². The number of amides is 1. The zero-order valence-corrected chi connectivity index (χ0v) is 18.5. The standard InChI is InChI=1S/C21H20BrFN4O2S/c22-15-9-25-19(26-10-15)12-24-11-17-13-29-7-6-27(17)21(28)18-5-8-30-20(18)14-1-3-16(23)4-2-14/h1-5,8-10,17,24H,6-7,11-13H2. The van der Waals surface area contributed by atoms with E-state index in [4.69, 9.17) is 4.74 Å². The van der Waals surface area contributed by atoms with Crippen molar-refractivity contribution >= 4 is 33.2 Å². The van der Waals surface area contributed by atoms with Gasteiger partial charge in [0.05, 0.1) is 35.8 Å². The highest BCUT2D eigenvalue weighted by Crippen LogP contribution is 2.31. The number of hydrogen-bond donors (Lipinski definition) is 1. The molecule has 0 saturated carbocycles. The Morgan fingerprint density at radius 1 is 1.27 bits per heavy atom. The van der Waals surface area contributed by atoms with E-state index in [1.807, 2.05) is 16.3 Å². The average molecular weight is 491 g/mol. The van der Waals surface area contributed by atoms with Crippen molar-refractivity contribution < 1.29 is 13.9 Å². The molecule has 1 fully saturated rings. The van der Waals surface area contributed by atoms with Crippen molar-refractivity contribution in [2.24, 2.45) is 0 Å². The fraction of sp³-hybridized carbons (Fsp3) is 0.286. The Hall–Kier alpha value is -2.20. The molecule has 1 N–H and O–H groups in total. The molecule has 30 heavy (non-hydrogen) atoms. The maximum absolute atomic E-state index is 13.3. The molecule has 1 amide bonds. The second-order valence-corrected chi connectivity index (χ2v) is 8.68. The van der Waals surface area contributed by atoms with Gasteiger partial charge in [0.1, 0.15) is 11.6 Å². The van der Waals surface area contributed by atoms with Gasteiger partial charge in [-0.05, 0) is 45.1 Å². The summed E-state index contributed by atoms with van der Waals surface area (Å²) >= 11 is 4.80. The van der Waals surface area contributed by atoms with Gasteiger partial charge in [-0.1, -0.05) is 12.1 Å². The normalized spacial score (nSPS) is 16.6. The van der Waals surface area contributed by atoms with E-state index in [1.54, 1.807) is 24.5 Å². The van der Waals surface area contributed by atoms with E-state index in [0.29, 0.717) is 44.2 Å². The number of rotatable bonds is 6. The van der Waals surface area contributed by atoms with Gasteiger partial charge in [-0.15, -0.1) is 11.3 Å². The van der Waals surface area contributed by atoms with Gasteiger partial charge in [-0.25, -0.2) is 14.4 Å². The molecule has 3 aromatic rings. The second-order valence-electron chi connectivity index (χ2n) is 6.85. The van der Waals surface area contributed by atoms with Crippen molar-refractivity contribution in [1.29, 1.82) is 0 Å². The summed E-state index contributed by atoms with van der Waals surface area (Å²) in [6, 6.07) is 7.97. The van der Waals surface area contributed by atoms with Gasteiger partial charge >= 0.3 is 0 Å². The van der Waals surface area contributed by atoms with Crippen LogP contribution >= 0.6 is 27.3 Å². The van der Waals surface area contributed by atoms with Gasteiger partial charge in [0.2, 0.25) is 0 Å². The third kappa shape index (κ3) is 4.92. The van der Waals surface area contributed by atoms with Crippen LogP contribution in [-0.4, -0.2) is 53.1 Å². The number of aromatic nitrogens is 2. The summed E-state index contributed by atoms with van der Waals surface area (Å²) in [6.07, 6.45) is 3.41. The largest absolute Gasteiger partial charge is 0.377 e. The number of carbonyl (C=O) groups is 1. The van der Waals surface area contributed by atoms with Crippen molar-refractivity contribution in [1.82, 2.24) is 20.2 Å². The average Bonchev–Trinajstić information content (AvgIpc) is 3.25. The molecule has 1 aliphatic rings. The lowest BCUT2D eigenvalue weighted by molar-refractivity contribution is -0.00151. The Kier molecular flexibility index (Phi) is 6.83. The van der Waals surface area contributed by atoms with E-state index in [1.165, 1.54) is 23.5 Å². The summed E-state index contributed by atoms with van der Waals surface area (Å²) in [5, 5.41) is 5.21. The molecule has 1 aliphatic heterocycles. The summed E-state index contributed by atoms with van der Waals surface area (Å²) < 4.78 is 19.7. The number of nitrogens with zero attached hydrogens (tertiary/aromatic N) is 3. The predicted molar refractivity (Wildman–Crippen MR) is 117 cm³/mol. The predicted octanol–water partition coefficient (Wildman–Crippen LogP) is 3.74. The van der Waals surface area contributed by atoms with Crippen LogP contribution in [-0.2, 0) is 11.3 Å². The summed E-state index contributed by atoms with van der Waals surface area (Å²) in [5.41, 5.74) is 1.47. The fourth-order valence-electron chi connectivity index (χ4n) is 3.33. The van der Waals surface area contributed by atoms with Gasteiger partial charge in [-0.2, -0.15) is 0 Å². The molecule has 1 saturated heterocycles. The molecule has 1 aromatic carbocycles. The number of carbonyl (C=O) groups excluding carboxylic acids is 1. The Bertz CT molecular complexity index is 997. The molecule has 156 valence electrons. The van der Waals surface area contributed by atoms with Crippen LogP contribution in [0.3, 0.4) is 0 Å². The first-order valence-corrected chi connectivity index (χ1v) is 11.2. The van der Waals surface area contributed by atoms with Gasteiger partial charge in [-0.3, -0.25) is 4.79 Å². The van der Waals surface area contributed by atoms with E-state index in [-0.39, 0.29) is 17.8 Å². The Morgan fingerprint density at radius 2 is 2.03 bits per heavy atom. The molecular weight excluding hydrogens is 471 g/mol. The number of halogens is 2. The Morgan fingerprint density at radius 3 is 2.80 bits per heavy atom. The quantitative estimate of drug-likeness (QED) is 0.569. The smallest absolute Gasteiger partial charge is 0.255 e. The number of benzene rings is 1. The van der Waals surface area contributed by atoms with Crippen LogP contribution in [0.1, 0.15) is 16.2 Å². The summed E-state index contributed by atoms with van der Waals surface area (Å²) in [4.78, 5) is 24.6. The topological polar surface area (TPSA) is 67.3 Å². The molecule has 3 heterocycles. The van der Waals surface area contributed by atoms with Crippen molar-refractivity contribution in [2.75, 3.05) is 26.3 Å². The van der Waals surface area contributed by atoms with Crippen molar-refractivity contribution in [2.45, 2.75) is 12.6 Å². The summed E-state index contributed by atoms with van der Waals surface area (Å²) in [5.74, 6) is 0.354. The maximum Gasteiger partial charge on any atom is 0.255 e. The molecule has 4 rings (SSSR count). The molecule has 6 nitrogen and oxygen atoms in total. The first-order valence-electron chi connectivity index (χ1n) is 9.51. The van der Waals surface area contributed by atoms with Crippen molar-refractivity contribution in [3.05, 3.63) is 69.8 Å². The third-order valence-corrected chi connectivity index (χ3v) is 6.20. The molecule has 2 aromatic heterocycles. The first kappa shape index (κ1) is 21.0. The van der Waals surface area contributed by atoms with Crippen LogP contribution in [0, 0.1) is 5.82 Å². The zero-order chi connectivity index (χ0) is 20.9. The van der Waals surface area contributed by atoms with Crippen LogP contribution in [0.5, 0.6) is 0 Å². The minimum atomic E-state index is -0.294. The Labute approximate surface area is 186 Å². The lowest BCUT2D eigenvalue weighted by atomic mass is 10.1. The number of thiophene rings is 1. The number of hydrogen-bond acceptors (Lipinski definition) is 6. The number of morpholine rings is 1. The van der Waals surface area contributed by atoms with Crippen molar-refractivity contribution in [3.63, 3.8) is 0 Å². The first-order chi connectivity index (χ1) is 14.6. The molecule has 0 aliphatic carbocycles. The second kappa shape index (κ2) is 9.74. The SMILES string of the molecule is O=C(c1ccsc1-c1ccc(F)cc1)N1CCOCC1CNCc1ncc(Br)cn1. The van der Waals surface area contributed by atoms with Crippen LogP contribution < -0.4 is 5.32 Å². The summed E-state index contributed by atoms with van der Waals surface area (Å²) in [7, 11) is 0. The maximum atomic E-state index is 13.3. The zero-order valence-electron chi connectivity index (χ0n) is 16.1. The molecule has 0 bridgehead atoms. The van der Waals surface area contributed by atoms with E-state index in [2.05, 4.69) is 31.2 Å². The van der Waals surface area contributed by atoms with Crippen LogP contribution in [0.25, 0.3) is 10.4 Å². The molecule has 1 atom stereocenters. The van der Waals surface area contributed by atoms with Gasteiger partial charge < -0.3 is 15.0 Å². The lowest BCUT2D eigenvalue weighted by Crippen LogP contribution is -2.52. The third-order valence-electron chi connectivity index (χ3n) is 4.83. The van der Waals surface area contributed by atoms with E-state index in [9.17, 15) is 9.18 Å². The number of ether oxygens (including phenoxy) is 1. The lowest BCUT2D eigenvalue weighted by Gasteiger charge is -2.36. The highest BCUT2D eigenvalue weighted by atomic mass is 79.9. The highest BCUT2D eigenvalue weighted by molar-refractivity contribution is 9.10. The fourth-order valence-corrected chi connectivity index (χ4v) is 4.43. The summed E-state index contributed by atoms with van der Waals surface area (Å²) in [6.45, 7) is 2.58. The van der Waals surface area contributed by atoms with Gasteiger partial charge in [0, 0.05) is 30.4 Å². The minimum absolute atomic E-state index is 0.0365. The van der Waals surface area contributed by atoms with E-state index in [0.717, 1.165) is 14.9 Å².